The summed E-state index contributed by atoms with van der Waals surface area (Å²) < 4.78 is 39.5. The lowest BCUT2D eigenvalue weighted by Gasteiger charge is -2.34. The number of hydrogen-bond acceptors (Lipinski definition) is 9. The number of sulfonamides is 1. The van der Waals surface area contributed by atoms with E-state index in [1.54, 1.807) is 29.2 Å². The van der Waals surface area contributed by atoms with E-state index in [1.165, 1.54) is 36.3 Å². The number of amides is 1. The Morgan fingerprint density at radius 1 is 1.06 bits per heavy atom. The number of rotatable bonds is 5. The smallest absolute Gasteiger partial charge is 0.342 e. The summed E-state index contributed by atoms with van der Waals surface area (Å²) in [7, 11) is -2.87. The fourth-order valence-electron chi connectivity index (χ4n) is 3.87. The molecular weight excluding hydrogens is 452 g/mol. The van der Waals surface area contributed by atoms with Gasteiger partial charge in [0.1, 0.15) is 28.3 Å². The number of nitrogens with zero attached hydrogens (tertiary/aromatic N) is 6. The molecule has 12 nitrogen and oxygen atoms in total. The number of aryl methyl sites for hydroxylation is 2. The third kappa shape index (κ3) is 4.00. The van der Waals surface area contributed by atoms with Crippen molar-refractivity contribution in [3.63, 3.8) is 0 Å². The SMILES string of the molecule is COC(=O)c1c(C)oc(C)c1S(=O)(=O)N1CCN(C(=O)c2ccccc2-n2cnnn2)CC1. The molecule has 0 bridgehead atoms. The molecule has 2 aromatic heterocycles. The van der Waals surface area contributed by atoms with Crippen LogP contribution in [0, 0.1) is 13.8 Å². The van der Waals surface area contributed by atoms with E-state index < -0.39 is 16.0 Å². The highest BCUT2D eigenvalue weighted by atomic mass is 32.2. The molecule has 33 heavy (non-hydrogen) atoms. The molecule has 1 saturated heterocycles. The largest absolute Gasteiger partial charge is 0.465 e. The van der Waals surface area contributed by atoms with Gasteiger partial charge in [-0.15, -0.1) is 5.10 Å². The highest BCUT2D eigenvalue weighted by Crippen LogP contribution is 2.30. The molecule has 3 aromatic rings. The number of carbonyl (C=O) groups is 2. The first-order chi connectivity index (χ1) is 15.8. The quantitative estimate of drug-likeness (QED) is 0.491. The Morgan fingerprint density at radius 2 is 1.76 bits per heavy atom. The topological polar surface area (TPSA) is 141 Å². The van der Waals surface area contributed by atoms with Crippen LogP contribution in [0.25, 0.3) is 5.69 Å². The van der Waals surface area contributed by atoms with Gasteiger partial charge in [0, 0.05) is 26.2 Å². The number of piperazine rings is 1. The number of ether oxygens (including phenoxy) is 1. The van der Waals surface area contributed by atoms with Crippen LogP contribution in [-0.2, 0) is 14.8 Å². The summed E-state index contributed by atoms with van der Waals surface area (Å²) >= 11 is 0. The third-order valence-corrected chi connectivity index (χ3v) is 7.50. The van der Waals surface area contributed by atoms with Gasteiger partial charge in [-0.2, -0.15) is 8.99 Å². The zero-order valence-electron chi connectivity index (χ0n) is 18.3. The van der Waals surface area contributed by atoms with E-state index in [4.69, 9.17) is 9.15 Å². The number of benzene rings is 1. The highest BCUT2D eigenvalue weighted by molar-refractivity contribution is 7.89. The van der Waals surface area contributed by atoms with Gasteiger partial charge < -0.3 is 14.1 Å². The summed E-state index contributed by atoms with van der Waals surface area (Å²) in [5.74, 6) is -0.757. The molecule has 0 spiro atoms. The van der Waals surface area contributed by atoms with Crippen molar-refractivity contribution in [3.8, 4) is 5.69 Å². The van der Waals surface area contributed by atoms with E-state index in [-0.39, 0.29) is 54.1 Å². The number of methoxy groups -OCH3 is 1. The molecular formula is C20H22N6O6S. The molecule has 0 atom stereocenters. The van der Waals surface area contributed by atoms with Crippen LogP contribution in [0.3, 0.4) is 0 Å². The lowest BCUT2D eigenvalue weighted by atomic mass is 10.1. The molecule has 3 heterocycles. The van der Waals surface area contributed by atoms with Crippen molar-refractivity contribution in [1.29, 1.82) is 0 Å². The molecule has 0 unspecified atom stereocenters. The van der Waals surface area contributed by atoms with Crippen molar-refractivity contribution in [2.24, 2.45) is 0 Å². The molecule has 1 aromatic carbocycles. The van der Waals surface area contributed by atoms with Crippen LogP contribution in [0.1, 0.15) is 32.2 Å². The number of hydrogen-bond donors (Lipinski definition) is 0. The van der Waals surface area contributed by atoms with Crippen molar-refractivity contribution in [1.82, 2.24) is 29.4 Å². The lowest BCUT2D eigenvalue weighted by molar-refractivity contribution is 0.0594. The van der Waals surface area contributed by atoms with E-state index in [9.17, 15) is 18.0 Å². The first-order valence-corrected chi connectivity index (χ1v) is 11.5. The van der Waals surface area contributed by atoms with Gasteiger partial charge in [0.2, 0.25) is 10.0 Å². The first-order valence-electron chi connectivity index (χ1n) is 10.1. The highest BCUT2D eigenvalue weighted by Gasteiger charge is 2.38. The van der Waals surface area contributed by atoms with Crippen molar-refractivity contribution >= 4 is 21.9 Å². The second-order valence-corrected chi connectivity index (χ2v) is 9.25. The molecule has 4 rings (SSSR count). The summed E-state index contributed by atoms with van der Waals surface area (Å²) in [6.07, 6.45) is 1.39. The Morgan fingerprint density at radius 3 is 2.39 bits per heavy atom. The Hall–Kier alpha value is -3.58. The zero-order valence-corrected chi connectivity index (χ0v) is 19.1. The molecule has 1 aliphatic rings. The minimum atomic E-state index is -4.04. The lowest BCUT2D eigenvalue weighted by Crippen LogP contribution is -2.50. The fraction of sp³-hybridized carbons (Fsp3) is 0.350. The molecule has 13 heteroatoms. The van der Waals surface area contributed by atoms with E-state index in [0.29, 0.717) is 11.3 Å². The number of furan rings is 1. The average Bonchev–Trinajstić information content (AvgIpc) is 3.46. The number of esters is 1. The summed E-state index contributed by atoms with van der Waals surface area (Å²) in [6.45, 7) is 3.46. The molecule has 1 aliphatic heterocycles. The van der Waals surface area contributed by atoms with Crippen LogP contribution in [0.2, 0.25) is 0 Å². The Bertz CT molecular complexity index is 1290. The van der Waals surface area contributed by atoms with Crippen molar-refractivity contribution in [2.45, 2.75) is 18.7 Å². The van der Waals surface area contributed by atoms with Crippen LogP contribution in [0.5, 0.6) is 0 Å². The molecule has 174 valence electrons. The minimum Gasteiger partial charge on any atom is -0.465 e. The zero-order chi connectivity index (χ0) is 23.8. The fourth-order valence-corrected chi connectivity index (χ4v) is 5.66. The monoisotopic (exact) mass is 474 g/mol. The van der Waals surface area contributed by atoms with Gasteiger partial charge in [-0.1, -0.05) is 12.1 Å². The van der Waals surface area contributed by atoms with Gasteiger partial charge in [0.05, 0.1) is 18.4 Å². The van der Waals surface area contributed by atoms with Crippen molar-refractivity contribution in [3.05, 3.63) is 53.2 Å². The maximum Gasteiger partial charge on any atom is 0.342 e. The van der Waals surface area contributed by atoms with Crippen LogP contribution < -0.4 is 0 Å². The Balaban J connectivity index is 1.55. The minimum absolute atomic E-state index is 0.0609. The summed E-state index contributed by atoms with van der Waals surface area (Å²) in [4.78, 5) is 26.7. The molecule has 1 fully saturated rings. The second-order valence-electron chi connectivity index (χ2n) is 7.38. The van der Waals surface area contributed by atoms with E-state index in [0.717, 1.165) is 0 Å². The molecule has 0 saturated carbocycles. The maximum absolute atomic E-state index is 13.3. The van der Waals surface area contributed by atoms with Gasteiger partial charge in [-0.25, -0.2) is 13.2 Å². The van der Waals surface area contributed by atoms with Crippen LogP contribution >= 0.6 is 0 Å². The molecule has 1 amide bonds. The summed E-state index contributed by atoms with van der Waals surface area (Å²) in [6, 6.07) is 6.90. The molecule has 0 radical (unpaired) electrons. The van der Waals surface area contributed by atoms with E-state index in [2.05, 4.69) is 15.5 Å². The predicted octanol–water partition coefficient (Wildman–Crippen LogP) is 0.805. The Labute approximate surface area is 189 Å². The molecule has 0 aliphatic carbocycles. The maximum atomic E-state index is 13.3. The van der Waals surface area contributed by atoms with Gasteiger partial charge in [0.15, 0.2) is 0 Å². The number of tetrazole rings is 1. The molecule has 0 N–H and O–H groups in total. The van der Waals surface area contributed by atoms with Gasteiger partial charge >= 0.3 is 5.97 Å². The van der Waals surface area contributed by atoms with Crippen molar-refractivity contribution < 1.29 is 27.2 Å². The van der Waals surface area contributed by atoms with Crippen LogP contribution in [0.15, 0.2) is 39.9 Å². The van der Waals surface area contributed by atoms with Crippen LogP contribution in [-0.4, -0.2) is 83.0 Å². The number of carbonyl (C=O) groups excluding carboxylic acids is 2. The first kappa shape index (κ1) is 22.6. The predicted molar refractivity (Wildman–Crippen MR) is 113 cm³/mol. The third-order valence-electron chi connectivity index (χ3n) is 5.45. The number of aromatic nitrogens is 4. The Kier molecular flexibility index (Phi) is 5.99. The van der Waals surface area contributed by atoms with Crippen molar-refractivity contribution in [2.75, 3.05) is 33.3 Å². The normalized spacial score (nSPS) is 14.9. The van der Waals surface area contributed by atoms with E-state index >= 15 is 0 Å². The number of para-hydroxylation sites is 1. The second kappa shape index (κ2) is 8.75. The van der Waals surface area contributed by atoms with Gasteiger partial charge in [-0.3, -0.25) is 4.79 Å². The van der Waals surface area contributed by atoms with Gasteiger partial charge in [0.25, 0.3) is 5.91 Å². The van der Waals surface area contributed by atoms with Gasteiger partial charge in [-0.05, 0) is 36.4 Å². The van der Waals surface area contributed by atoms with E-state index in [1.807, 2.05) is 0 Å². The standard InChI is InChI=1S/C20H22N6O6S/c1-13-17(20(28)31-3)18(14(2)32-13)33(29,30)25-10-8-24(9-11-25)19(27)15-6-4-5-7-16(15)26-12-21-22-23-26/h4-7,12H,8-11H2,1-3H3. The van der Waals surface area contributed by atoms with Crippen LogP contribution in [0.4, 0.5) is 0 Å². The summed E-state index contributed by atoms with van der Waals surface area (Å²) in [5, 5.41) is 11.1. The summed E-state index contributed by atoms with van der Waals surface area (Å²) in [5.41, 5.74) is 0.814. The average molecular weight is 474 g/mol.